The normalized spacial score (nSPS) is 12.1. The first-order valence-electron chi connectivity index (χ1n) is 14.6. The monoisotopic (exact) mass is 620 g/mol. The fourth-order valence-electron chi connectivity index (χ4n) is 5.70. The van der Waals surface area contributed by atoms with E-state index >= 15 is 0 Å². The Bertz CT molecular complexity index is 1870. The Labute approximate surface area is 267 Å². The van der Waals surface area contributed by atoms with E-state index < -0.39 is 0 Å². The highest BCUT2D eigenvalue weighted by Gasteiger charge is 2.30. The molecule has 3 heterocycles. The number of fused-ring (bicyclic) bond motifs is 2. The van der Waals surface area contributed by atoms with Gasteiger partial charge >= 0.3 is 0 Å². The molecule has 5 aromatic rings. The summed E-state index contributed by atoms with van der Waals surface area (Å²) in [4.78, 5) is 35.8. The molecule has 6 rings (SSSR count). The minimum absolute atomic E-state index is 0.0870. The molecular formula is C36H33ClN4O4. The number of hydrogen-bond acceptors (Lipinski definition) is 5. The number of benzene rings is 3. The fraction of sp³-hybridized carbons (Fsp3) is 0.194. The molecule has 2 amide bonds. The van der Waals surface area contributed by atoms with E-state index in [4.69, 9.17) is 21.1 Å². The van der Waals surface area contributed by atoms with Crippen LogP contribution in [-0.4, -0.2) is 54.1 Å². The molecule has 0 radical (unpaired) electrons. The van der Waals surface area contributed by atoms with Gasteiger partial charge in [-0.1, -0.05) is 48.0 Å². The number of amides is 2. The average Bonchev–Trinajstić information content (AvgIpc) is 3.39. The van der Waals surface area contributed by atoms with Gasteiger partial charge in [0.2, 0.25) is 0 Å². The summed E-state index contributed by atoms with van der Waals surface area (Å²) in [5.74, 6) is 0.762. The number of methoxy groups -OCH3 is 2. The van der Waals surface area contributed by atoms with Crippen molar-refractivity contribution in [1.82, 2.24) is 14.5 Å². The van der Waals surface area contributed by atoms with Crippen molar-refractivity contribution in [3.05, 3.63) is 130 Å². The highest BCUT2D eigenvalue weighted by Crippen LogP contribution is 2.38. The lowest BCUT2D eigenvalue weighted by Gasteiger charge is -2.24. The van der Waals surface area contributed by atoms with Gasteiger partial charge in [0.25, 0.3) is 11.8 Å². The summed E-state index contributed by atoms with van der Waals surface area (Å²) in [6, 6.07) is 28.3. The van der Waals surface area contributed by atoms with Crippen molar-refractivity contribution in [3.63, 3.8) is 0 Å². The second-order valence-electron chi connectivity index (χ2n) is 10.9. The van der Waals surface area contributed by atoms with E-state index in [0.717, 1.165) is 33.8 Å². The van der Waals surface area contributed by atoms with Crippen molar-refractivity contribution in [3.8, 4) is 22.6 Å². The second-order valence-corrected chi connectivity index (χ2v) is 11.3. The van der Waals surface area contributed by atoms with E-state index in [1.165, 1.54) is 0 Å². The second kappa shape index (κ2) is 12.9. The van der Waals surface area contributed by atoms with Crippen LogP contribution in [0.2, 0.25) is 5.02 Å². The third-order valence-corrected chi connectivity index (χ3v) is 8.46. The molecule has 0 unspecified atom stereocenters. The van der Waals surface area contributed by atoms with Gasteiger partial charge in [-0.15, -0.1) is 0 Å². The molecule has 0 spiro atoms. The summed E-state index contributed by atoms with van der Waals surface area (Å²) in [7, 11) is 4.95. The van der Waals surface area contributed by atoms with Crippen LogP contribution in [0.5, 0.6) is 11.5 Å². The number of hydrogen-bond donors (Lipinski definition) is 0. The smallest absolute Gasteiger partial charge is 0.270 e. The van der Waals surface area contributed by atoms with Crippen LogP contribution in [0.1, 0.15) is 37.8 Å². The zero-order valence-electron chi connectivity index (χ0n) is 25.4. The number of nitrogens with zero attached hydrogens (tertiary/aromatic N) is 4. The van der Waals surface area contributed by atoms with Gasteiger partial charge in [0, 0.05) is 53.9 Å². The van der Waals surface area contributed by atoms with E-state index in [-0.39, 0.29) is 18.4 Å². The van der Waals surface area contributed by atoms with E-state index in [1.54, 1.807) is 49.4 Å². The minimum Gasteiger partial charge on any atom is -0.497 e. The van der Waals surface area contributed by atoms with Crippen LogP contribution >= 0.6 is 11.6 Å². The van der Waals surface area contributed by atoms with Crippen LogP contribution in [0.15, 0.2) is 97.2 Å². The molecule has 9 heteroatoms. The maximum absolute atomic E-state index is 14.4. The number of likely N-dealkylation sites (N-methyl/N-ethyl adjacent to an activating group) is 1. The van der Waals surface area contributed by atoms with Crippen molar-refractivity contribution in [1.29, 1.82) is 0 Å². The molecule has 228 valence electrons. The molecule has 8 nitrogen and oxygen atoms in total. The van der Waals surface area contributed by atoms with Gasteiger partial charge < -0.3 is 23.8 Å². The molecule has 45 heavy (non-hydrogen) atoms. The molecule has 1 aliphatic rings. The number of aromatic nitrogens is 2. The van der Waals surface area contributed by atoms with E-state index in [0.29, 0.717) is 47.3 Å². The fourth-order valence-corrected chi connectivity index (χ4v) is 5.97. The molecule has 0 saturated heterocycles. The number of para-hydroxylation sites is 1. The van der Waals surface area contributed by atoms with E-state index in [9.17, 15) is 9.59 Å². The van der Waals surface area contributed by atoms with E-state index in [1.807, 2.05) is 83.4 Å². The Kier molecular flexibility index (Phi) is 8.58. The average molecular weight is 621 g/mol. The van der Waals surface area contributed by atoms with Gasteiger partial charge in [-0.3, -0.25) is 14.6 Å². The van der Waals surface area contributed by atoms with Gasteiger partial charge in [0.1, 0.15) is 17.2 Å². The Balaban J connectivity index is 1.32. The van der Waals surface area contributed by atoms with Gasteiger partial charge in [0.15, 0.2) is 0 Å². The molecule has 3 aromatic carbocycles. The predicted molar refractivity (Wildman–Crippen MR) is 175 cm³/mol. The van der Waals surface area contributed by atoms with Crippen LogP contribution in [0.25, 0.3) is 11.1 Å². The van der Waals surface area contributed by atoms with Gasteiger partial charge in [0.05, 0.1) is 32.9 Å². The maximum Gasteiger partial charge on any atom is 0.270 e. The summed E-state index contributed by atoms with van der Waals surface area (Å²) in [5.41, 5.74) is 5.95. The Morgan fingerprint density at radius 3 is 2.51 bits per heavy atom. The van der Waals surface area contributed by atoms with Gasteiger partial charge in [-0.2, -0.15) is 0 Å². The molecule has 0 bridgehead atoms. The first kappa shape index (κ1) is 30.0. The summed E-state index contributed by atoms with van der Waals surface area (Å²) in [6.45, 7) is 1.24. The molecule has 0 aliphatic carbocycles. The Hall–Kier alpha value is -5.08. The number of carbonyl (C=O) groups excluding carboxylic acids is 2. The summed E-state index contributed by atoms with van der Waals surface area (Å²) >= 11 is 6.80. The molecule has 1 aliphatic heterocycles. The first-order chi connectivity index (χ1) is 21.9. The molecule has 2 aromatic heterocycles. The minimum atomic E-state index is -0.256. The zero-order chi connectivity index (χ0) is 31.5. The number of halogens is 1. The molecule has 0 N–H and O–H groups in total. The number of anilines is 1. The van der Waals surface area contributed by atoms with Crippen molar-refractivity contribution >= 4 is 29.1 Å². The maximum atomic E-state index is 14.4. The molecule has 0 fully saturated rings. The van der Waals surface area contributed by atoms with Crippen molar-refractivity contribution < 1.29 is 19.1 Å². The lowest BCUT2D eigenvalue weighted by molar-refractivity contribution is 0.0785. The first-order valence-corrected chi connectivity index (χ1v) is 15.0. The number of ether oxygens (including phenoxy) is 2. The summed E-state index contributed by atoms with van der Waals surface area (Å²) in [6.07, 6.45) is 2.41. The van der Waals surface area contributed by atoms with Crippen LogP contribution in [0.3, 0.4) is 0 Å². The largest absolute Gasteiger partial charge is 0.497 e. The molecule has 0 atom stereocenters. The third-order valence-electron chi connectivity index (χ3n) is 8.14. The standard InChI is InChI=1S/C36H33ClN4O4/c1-39(18-16-26-11-6-7-17-38-26)36(43)33-15-14-27-23-41(32-13-5-4-9-25(32)22-40(27)33)35(42)30-20-31(37)29(21-34(30)45-3)24-10-8-12-28(19-24)44-2/h4-15,17,19-21H,16,18,22-23H2,1-3H3. The third kappa shape index (κ3) is 6.01. The molecule has 0 saturated carbocycles. The topological polar surface area (TPSA) is 76.9 Å². The van der Waals surface area contributed by atoms with Crippen LogP contribution in [-0.2, 0) is 19.5 Å². The van der Waals surface area contributed by atoms with Crippen molar-refractivity contribution in [2.24, 2.45) is 0 Å². The summed E-state index contributed by atoms with van der Waals surface area (Å²) < 4.78 is 13.1. The number of carbonyl (C=O) groups is 2. The van der Waals surface area contributed by atoms with E-state index in [2.05, 4.69) is 4.98 Å². The van der Waals surface area contributed by atoms with Crippen molar-refractivity contribution in [2.45, 2.75) is 19.5 Å². The predicted octanol–water partition coefficient (Wildman–Crippen LogP) is 6.74. The Morgan fingerprint density at radius 2 is 1.73 bits per heavy atom. The highest BCUT2D eigenvalue weighted by molar-refractivity contribution is 6.34. The Morgan fingerprint density at radius 1 is 0.911 bits per heavy atom. The number of rotatable bonds is 8. The lowest BCUT2D eigenvalue weighted by atomic mass is 10.0. The molecular weight excluding hydrogens is 588 g/mol. The van der Waals surface area contributed by atoms with Crippen LogP contribution in [0.4, 0.5) is 5.69 Å². The summed E-state index contributed by atoms with van der Waals surface area (Å²) in [5, 5.41) is 0.417. The zero-order valence-corrected chi connectivity index (χ0v) is 26.1. The van der Waals surface area contributed by atoms with Gasteiger partial charge in [-0.05, 0) is 65.7 Å². The van der Waals surface area contributed by atoms with Crippen LogP contribution in [0, 0.1) is 0 Å². The van der Waals surface area contributed by atoms with Crippen LogP contribution < -0.4 is 14.4 Å². The quantitative estimate of drug-likeness (QED) is 0.192. The number of pyridine rings is 1. The van der Waals surface area contributed by atoms with Gasteiger partial charge in [-0.25, -0.2) is 0 Å². The highest BCUT2D eigenvalue weighted by atomic mass is 35.5. The van der Waals surface area contributed by atoms with Crippen molar-refractivity contribution in [2.75, 3.05) is 32.7 Å². The SMILES string of the molecule is COc1cccc(-c2cc(OC)c(C(=O)N3Cc4ccc(C(=O)N(C)CCc5ccccn5)n4Cc4ccccc43)cc2Cl)c1. The lowest BCUT2D eigenvalue weighted by Crippen LogP contribution is -2.32.